The van der Waals surface area contributed by atoms with E-state index in [2.05, 4.69) is 27.4 Å². The van der Waals surface area contributed by atoms with E-state index in [0.717, 1.165) is 35.2 Å². The SMILES string of the molecule is C=C(C)N1c2ccccc2N(CCBr)C1C=O. The highest BCUT2D eigenvalue weighted by Crippen LogP contribution is 2.40. The van der Waals surface area contributed by atoms with E-state index in [9.17, 15) is 4.79 Å². The molecule has 1 aliphatic rings. The van der Waals surface area contributed by atoms with Gasteiger partial charge in [0.1, 0.15) is 0 Å². The Kier molecular flexibility index (Phi) is 3.52. The molecule has 1 unspecified atom stereocenters. The van der Waals surface area contributed by atoms with Crippen molar-refractivity contribution < 1.29 is 4.79 Å². The molecular weight excluding hydrogens is 280 g/mol. The van der Waals surface area contributed by atoms with Gasteiger partial charge in [-0.15, -0.1) is 0 Å². The third kappa shape index (κ3) is 1.97. The Labute approximate surface area is 110 Å². The number of nitrogens with zero attached hydrogens (tertiary/aromatic N) is 2. The van der Waals surface area contributed by atoms with Crippen LogP contribution in [0.1, 0.15) is 6.92 Å². The molecule has 0 bridgehead atoms. The summed E-state index contributed by atoms with van der Waals surface area (Å²) in [5.41, 5.74) is 3.02. The molecule has 0 saturated carbocycles. The second-order valence-electron chi connectivity index (χ2n) is 4.03. The van der Waals surface area contributed by atoms with Crippen LogP contribution in [0, 0.1) is 0 Å². The number of carbonyl (C=O) groups excluding carboxylic acids is 1. The zero-order valence-corrected chi connectivity index (χ0v) is 11.4. The molecule has 0 aromatic heterocycles. The summed E-state index contributed by atoms with van der Waals surface area (Å²) in [6, 6.07) is 8.03. The molecule has 1 aliphatic heterocycles. The van der Waals surface area contributed by atoms with E-state index in [1.165, 1.54) is 0 Å². The van der Waals surface area contributed by atoms with E-state index in [1.807, 2.05) is 36.1 Å². The van der Waals surface area contributed by atoms with Gasteiger partial charge in [-0.3, -0.25) is 4.79 Å². The van der Waals surface area contributed by atoms with Crippen molar-refractivity contribution in [1.82, 2.24) is 0 Å². The molecule has 90 valence electrons. The number of halogens is 1. The maximum absolute atomic E-state index is 11.3. The highest BCUT2D eigenvalue weighted by Gasteiger charge is 2.35. The summed E-state index contributed by atoms with van der Waals surface area (Å²) in [5.74, 6) is 0. The van der Waals surface area contributed by atoms with Gasteiger partial charge < -0.3 is 9.80 Å². The van der Waals surface area contributed by atoms with Crippen molar-refractivity contribution in [2.75, 3.05) is 21.7 Å². The Morgan fingerprint density at radius 2 is 2.12 bits per heavy atom. The number of alkyl halides is 1. The summed E-state index contributed by atoms with van der Waals surface area (Å²) in [5, 5.41) is 0.829. The largest absolute Gasteiger partial charge is 0.342 e. The van der Waals surface area contributed by atoms with E-state index in [-0.39, 0.29) is 6.17 Å². The fourth-order valence-electron chi connectivity index (χ4n) is 2.24. The minimum Gasteiger partial charge on any atom is -0.342 e. The predicted octanol–water partition coefficient (Wildman–Crippen LogP) is 2.77. The van der Waals surface area contributed by atoms with Crippen LogP contribution in [0.25, 0.3) is 0 Å². The molecule has 4 heteroatoms. The molecular formula is C13H15BrN2O. The van der Waals surface area contributed by atoms with Crippen LogP contribution in [0.15, 0.2) is 36.5 Å². The first kappa shape index (κ1) is 12.2. The van der Waals surface area contributed by atoms with Crippen molar-refractivity contribution in [3.63, 3.8) is 0 Å². The fraction of sp³-hybridized carbons (Fsp3) is 0.308. The Morgan fingerprint density at radius 1 is 1.47 bits per heavy atom. The molecule has 1 atom stereocenters. The molecule has 3 nitrogen and oxygen atoms in total. The van der Waals surface area contributed by atoms with Gasteiger partial charge in [-0.05, 0) is 19.1 Å². The molecule has 0 amide bonds. The molecule has 0 fully saturated rings. The van der Waals surface area contributed by atoms with Crippen LogP contribution >= 0.6 is 15.9 Å². The van der Waals surface area contributed by atoms with Crippen LogP contribution in [0.4, 0.5) is 11.4 Å². The van der Waals surface area contributed by atoms with Gasteiger partial charge in [0.15, 0.2) is 12.5 Å². The number of benzene rings is 1. The molecule has 17 heavy (non-hydrogen) atoms. The Balaban J connectivity index is 2.49. The fourth-order valence-corrected chi connectivity index (χ4v) is 2.63. The van der Waals surface area contributed by atoms with Crippen molar-refractivity contribution in [3.8, 4) is 0 Å². The van der Waals surface area contributed by atoms with Crippen LogP contribution in [-0.2, 0) is 4.79 Å². The lowest BCUT2D eigenvalue weighted by molar-refractivity contribution is -0.108. The van der Waals surface area contributed by atoms with Crippen molar-refractivity contribution in [2.45, 2.75) is 13.1 Å². The summed E-state index contributed by atoms with van der Waals surface area (Å²) < 4.78 is 0. The number of hydrogen-bond donors (Lipinski definition) is 0. The first-order valence-electron chi connectivity index (χ1n) is 5.52. The quantitative estimate of drug-likeness (QED) is 0.630. The molecule has 1 heterocycles. The molecule has 0 radical (unpaired) electrons. The third-order valence-electron chi connectivity index (χ3n) is 2.89. The number of allylic oxidation sites excluding steroid dienone is 1. The summed E-state index contributed by atoms with van der Waals surface area (Å²) in [4.78, 5) is 15.4. The van der Waals surface area contributed by atoms with Gasteiger partial charge in [-0.25, -0.2) is 0 Å². The van der Waals surface area contributed by atoms with E-state index < -0.39 is 0 Å². The summed E-state index contributed by atoms with van der Waals surface area (Å²) >= 11 is 3.43. The predicted molar refractivity (Wildman–Crippen MR) is 74.7 cm³/mol. The van der Waals surface area contributed by atoms with E-state index in [0.29, 0.717) is 0 Å². The number of anilines is 2. The highest BCUT2D eigenvalue weighted by molar-refractivity contribution is 9.09. The lowest BCUT2D eigenvalue weighted by Gasteiger charge is -2.28. The van der Waals surface area contributed by atoms with Gasteiger partial charge in [0.05, 0.1) is 11.4 Å². The second kappa shape index (κ2) is 4.92. The number of rotatable bonds is 4. The smallest absolute Gasteiger partial charge is 0.163 e. The molecule has 0 saturated heterocycles. The first-order valence-corrected chi connectivity index (χ1v) is 6.64. The zero-order chi connectivity index (χ0) is 12.4. The number of para-hydroxylation sites is 2. The van der Waals surface area contributed by atoms with Crippen molar-refractivity contribution in [3.05, 3.63) is 36.5 Å². The number of aldehydes is 1. The Morgan fingerprint density at radius 3 is 2.65 bits per heavy atom. The highest BCUT2D eigenvalue weighted by atomic mass is 79.9. The van der Waals surface area contributed by atoms with Crippen LogP contribution in [-0.4, -0.2) is 24.3 Å². The Hall–Kier alpha value is -1.29. The van der Waals surface area contributed by atoms with E-state index in [4.69, 9.17) is 0 Å². The van der Waals surface area contributed by atoms with Gasteiger partial charge in [0.2, 0.25) is 0 Å². The van der Waals surface area contributed by atoms with Crippen molar-refractivity contribution in [2.24, 2.45) is 0 Å². The van der Waals surface area contributed by atoms with Crippen LogP contribution in [0.3, 0.4) is 0 Å². The van der Waals surface area contributed by atoms with E-state index in [1.54, 1.807) is 0 Å². The summed E-state index contributed by atoms with van der Waals surface area (Å²) in [6.45, 7) is 6.67. The Bertz CT molecular complexity index is 447. The number of hydrogen-bond acceptors (Lipinski definition) is 3. The van der Waals surface area contributed by atoms with Crippen LogP contribution < -0.4 is 9.80 Å². The second-order valence-corrected chi connectivity index (χ2v) is 4.82. The lowest BCUT2D eigenvalue weighted by atomic mass is 10.2. The standard InChI is InChI=1S/C13H15BrN2O/c1-10(2)16-12-6-4-3-5-11(12)15(8-7-14)13(16)9-17/h3-6,9,13H,1,7-8H2,2H3. The number of fused-ring (bicyclic) bond motifs is 1. The molecule has 1 aromatic rings. The van der Waals surface area contributed by atoms with Crippen molar-refractivity contribution >= 4 is 33.6 Å². The topological polar surface area (TPSA) is 23.6 Å². The van der Waals surface area contributed by atoms with Gasteiger partial charge >= 0.3 is 0 Å². The average molecular weight is 295 g/mol. The summed E-state index contributed by atoms with van der Waals surface area (Å²) in [6.07, 6.45) is 0.694. The van der Waals surface area contributed by atoms with Crippen molar-refractivity contribution in [1.29, 1.82) is 0 Å². The van der Waals surface area contributed by atoms with Gasteiger partial charge in [0, 0.05) is 17.6 Å². The van der Waals surface area contributed by atoms with Gasteiger partial charge in [-0.1, -0.05) is 34.6 Å². The minimum atomic E-state index is -0.276. The minimum absolute atomic E-state index is 0.276. The van der Waals surface area contributed by atoms with Crippen LogP contribution in [0.2, 0.25) is 0 Å². The molecule has 1 aromatic carbocycles. The third-order valence-corrected chi connectivity index (χ3v) is 3.25. The maximum Gasteiger partial charge on any atom is 0.163 e. The molecule has 0 aliphatic carbocycles. The van der Waals surface area contributed by atoms with Gasteiger partial charge in [0.25, 0.3) is 0 Å². The van der Waals surface area contributed by atoms with Gasteiger partial charge in [-0.2, -0.15) is 0 Å². The maximum atomic E-state index is 11.3. The molecule has 2 rings (SSSR count). The van der Waals surface area contributed by atoms with Crippen LogP contribution in [0.5, 0.6) is 0 Å². The van der Waals surface area contributed by atoms with E-state index >= 15 is 0 Å². The lowest BCUT2D eigenvalue weighted by Crippen LogP contribution is -2.44. The zero-order valence-electron chi connectivity index (χ0n) is 9.77. The first-order chi connectivity index (χ1) is 8.20. The monoisotopic (exact) mass is 294 g/mol. The average Bonchev–Trinajstić information content (AvgIpc) is 2.64. The number of carbonyl (C=O) groups is 1. The summed E-state index contributed by atoms with van der Waals surface area (Å²) in [7, 11) is 0. The molecule has 0 N–H and O–H groups in total. The normalized spacial score (nSPS) is 18.1. The molecule has 0 spiro atoms.